The SMILES string of the molecule is CCN1CCc2c(cc(/C=C/C(=O)O)c(=O)n2C)C1. The molecule has 0 spiro atoms. The molecule has 1 aromatic heterocycles. The fourth-order valence-corrected chi connectivity index (χ4v) is 2.46. The van der Waals surface area contributed by atoms with Crippen LogP contribution in [-0.2, 0) is 24.8 Å². The number of carboxylic acids is 1. The minimum absolute atomic E-state index is 0.138. The molecule has 1 aliphatic rings. The Bertz CT molecular complexity index is 587. The van der Waals surface area contributed by atoms with Crippen LogP contribution in [0.5, 0.6) is 0 Å². The van der Waals surface area contributed by atoms with E-state index in [2.05, 4.69) is 11.8 Å². The molecule has 0 bridgehead atoms. The van der Waals surface area contributed by atoms with Gasteiger partial charge in [-0.15, -0.1) is 0 Å². The normalized spacial score (nSPS) is 15.7. The lowest BCUT2D eigenvalue weighted by Gasteiger charge is -2.29. The van der Waals surface area contributed by atoms with Crippen molar-refractivity contribution in [2.75, 3.05) is 13.1 Å². The molecule has 0 unspecified atom stereocenters. The van der Waals surface area contributed by atoms with Crippen molar-refractivity contribution in [3.8, 4) is 0 Å². The molecule has 5 heteroatoms. The molecule has 0 aliphatic carbocycles. The van der Waals surface area contributed by atoms with E-state index in [1.54, 1.807) is 11.6 Å². The Morgan fingerprint density at radius 2 is 2.26 bits per heavy atom. The number of rotatable bonds is 3. The number of aromatic nitrogens is 1. The smallest absolute Gasteiger partial charge is 0.328 e. The van der Waals surface area contributed by atoms with Gasteiger partial charge in [-0.3, -0.25) is 9.69 Å². The van der Waals surface area contributed by atoms with Crippen molar-refractivity contribution in [3.05, 3.63) is 39.3 Å². The summed E-state index contributed by atoms with van der Waals surface area (Å²) in [5.41, 5.74) is 2.46. The molecule has 5 nitrogen and oxygen atoms in total. The monoisotopic (exact) mass is 262 g/mol. The van der Waals surface area contributed by atoms with Gasteiger partial charge < -0.3 is 9.67 Å². The highest BCUT2D eigenvalue weighted by atomic mass is 16.4. The van der Waals surface area contributed by atoms with E-state index in [0.717, 1.165) is 43.4 Å². The van der Waals surface area contributed by atoms with Crippen molar-refractivity contribution in [2.24, 2.45) is 7.05 Å². The van der Waals surface area contributed by atoms with Crippen molar-refractivity contribution in [3.63, 3.8) is 0 Å². The Morgan fingerprint density at radius 1 is 1.53 bits per heavy atom. The molecule has 1 aliphatic heterocycles. The minimum atomic E-state index is -1.05. The standard InChI is InChI=1S/C14H18N2O3/c1-3-16-7-6-12-11(9-16)8-10(4-5-13(17)18)14(19)15(12)2/h4-5,8H,3,6-7,9H2,1-2H3,(H,17,18)/b5-4+. The van der Waals surface area contributed by atoms with E-state index in [-0.39, 0.29) is 5.56 Å². The van der Waals surface area contributed by atoms with Crippen LogP contribution in [0.3, 0.4) is 0 Å². The average molecular weight is 262 g/mol. The zero-order chi connectivity index (χ0) is 14.0. The topological polar surface area (TPSA) is 62.5 Å². The number of nitrogens with zero attached hydrogens (tertiary/aromatic N) is 2. The molecule has 19 heavy (non-hydrogen) atoms. The maximum atomic E-state index is 12.1. The van der Waals surface area contributed by atoms with Crippen LogP contribution in [0.2, 0.25) is 0 Å². The summed E-state index contributed by atoms with van der Waals surface area (Å²) in [4.78, 5) is 25.0. The molecule has 2 rings (SSSR count). The highest BCUT2D eigenvalue weighted by molar-refractivity contribution is 5.85. The Kier molecular flexibility index (Phi) is 3.85. The second-order valence-electron chi connectivity index (χ2n) is 4.73. The number of fused-ring (bicyclic) bond motifs is 1. The summed E-state index contributed by atoms with van der Waals surface area (Å²) in [5, 5.41) is 8.65. The highest BCUT2D eigenvalue weighted by Crippen LogP contribution is 2.18. The number of aliphatic carboxylic acids is 1. The molecule has 0 radical (unpaired) electrons. The largest absolute Gasteiger partial charge is 0.478 e. The number of carboxylic acid groups (broad SMARTS) is 1. The predicted octanol–water partition coefficient (Wildman–Crippen LogP) is 0.861. The first-order valence-corrected chi connectivity index (χ1v) is 6.38. The van der Waals surface area contributed by atoms with Crippen molar-refractivity contribution in [1.29, 1.82) is 0 Å². The van der Waals surface area contributed by atoms with Crippen LogP contribution >= 0.6 is 0 Å². The fraction of sp³-hybridized carbons (Fsp3) is 0.429. The Hall–Kier alpha value is -1.88. The van der Waals surface area contributed by atoms with E-state index >= 15 is 0 Å². The van der Waals surface area contributed by atoms with Crippen molar-refractivity contribution in [1.82, 2.24) is 9.47 Å². The second kappa shape index (κ2) is 5.40. The summed E-state index contributed by atoms with van der Waals surface area (Å²) >= 11 is 0. The highest BCUT2D eigenvalue weighted by Gasteiger charge is 2.18. The fourth-order valence-electron chi connectivity index (χ4n) is 2.46. The number of pyridine rings is 1. The lowest BCUT2D eigenvalue weighted by molar-refractivity contribution is -0.131. The van der Waals surface area contributed by atoms with Crippen molar-refractivity contribution in [2.45, 2.75) is 19.9 Å². The molecular weight excluding hydrogens is 244 g/mol. The van der Waals surface area contributed by atoms with Crippen LogP contribution < -0.4 is 5.56 Å². The van der Waals surface area contributed by atoms with Crippen LogP contribution in [-0.4, -0.2) is 33.6 Å². The van der Waals surface area contributed by atoms with Gasteiger partial charge in [-0.05, 0) is 24.3 Å². The number of hydrogen-bond acceptors (Lipinski definition) is 3. The van der Waals surface area contributed by atoms with Gasteiger partial charge in [0, 0.05) is 43.9 Å². The maximum absolute atomic E-state index is 12.1. The van der Waals surface area contributed by atoms with E-state index in [0.29, 0.717) is 5.56 Å². The molecule has 0 saturated heterocycles. The molecule has 0 aromatic carbocycles. The summed E-state index contributed by atoms with van der Waals surface area (Å²) in [5.74, 6) is -1.05. The van der Waals surface area contributed by atoms with Gasteiger partial charge in [-0.25, -0.2) is 4.79 Å². The van der Waals surface area contributed by atoms with E-state index in [1.807, 2.05) is 6.07 Å². The number of hydrogen-bond donors (Lipinski definition) is 1. The van der Waals surface area contributed by atoms with Crippen LogP contribution in [0.15, 0.2) is 16.9 Å². The summed E-state index contributed by atoms with van der Waals surface area (Å²) < 4.78 is 1.64. The lowest BCUT2D eigenvalue weighted by atomic mass is 10.0. The first kappa shape index (κ1) is 13.5. The molecule has 0 fully saturated rings. The molecule has 102 valence electrons. The molecule has 0 amide bonds. The summed E-state index contributed by atoms with van der Waals surface area (Å²) in [6.45, 7) is 4.86. The molecule has 2 heterocycles. The maximum Gasteiger partial charge on any atom is 0.328 e. The first-order valence-electron chi connectivity index (χ1n) is 6.38. The predicted molar refractivity (Wildman–Crippen MR) is 73.0 cm³/mol. The van der Waals surface area contributed by atoms with Gasteiger partial charge >= 0.3 is 5.97 Å². The van der Waals surface area contributed by atoms with Crippen LogP contribution in [0.4, 0.5) is 0 Å². The molecule has 0 atom stereocenters. The van der Waals surface area contributed by atoms with Gasteiger partial charge in [0.2, 0.25) is 0 Å². The van der Waals surface area contributed by atoms with E-state index in [4.69, 9.17) is 5.11 Å². The third kappa shape index (κ3) is 2.76. The molecule has 1 N–H and O–H groups in total. The van der Waals surface area contributed by atoms with E-state index in [1.165, 1.54) is 6.08 Å². The minimum Gasteiger partial charge on any atom is -0.478 e. The number of carbonyl (C=O) groups is 1. The third-order valence-electron chi connectivity index (χ3n) is 3.57. The molecular formula is C14H18N2O3. The van der Waals surface area contributed by atoms with Gasteiger partial charge in [-0.1, -0.05) is 6.92 Å². The van der Waals surface area contributed by atoms with Gasteiger partial charge in [0.15, 0.2) is 0 Å². The third-order valence-corrected chi connectivity index (χ3v) is 3.57. The summed E-state index contributed by atoms with van der Waals surface area (Å²) in [6.07, 6.45) is 3.23. The molecule has 0 saturated carbocycles. The quantitative estimate of drug-likeness (QED) is 0.821. The van der Waals surface area contributed by atoms with Crippen LogP contribution in [0, 0.1) is 0 Å². The first-order chi connectivity index (χ1) is 9.02. The van der Waals surface area contributed by atoms with Gasteiger partial charge in [0.25, 0.3) is 5.56 Å². The second-order valence-corrected chi connectivity index (χ2v) is 4.73. The van der Waals surface area contributed by atoms with Gasteiger partial charge in [0.1, 0.15) is 0 Å². The summed E-state index contributed by atoms with van der Waals surface area (Å²) in [6, 6.07) is 1.82. The van der Waals surface area contributed by atoms with E-state index in [9.17, 15) is 9.59 Å². The van der Waals surface area contributed by atoms with Crippen LogP contribution in [0.1, 0.15) is 23.7 Å². The lowest BCUT2D eigenvalue weighted by Crippen LogP contribution is -2.35. The zero-order valence-corrected chi connectivity index (χ0v) is 11.2. The van der Waals surface area contributed by atoms with Gasteiger partial charge in [0.05, 0.1) is 0 Å². The average Bonchev–Trinajstić information content (AvgIpc) is 2.40. The van der Waals surface area contributed by atoms with Crippen molar-refractivity contribution < 1.29 is 9.90 Å². The Balaban J connectivity index is 2.46. The van der Waals surface area contributed by atoms with E-state index < -0.39 is 5.97 Å². The Morgan fingerprint density at radius 3 is 2.89 bits per heavy atom. The van der Waals surface area contributed by atoms with Gasteiger partial charge in [-0.2, -0.15) is 0 Å². The summed E-state index contributed by atoms with van der Waals surface area (Å²) in [7, 11) is 1.75. The van der Waals surface area contributed by atoms with Crippen molar-refractivity contribution >= 4 is 12.0 Å². The number of likely N-dealkylation sites (N-methyl/N-ethyl adjacent to an activating group) is 1. The molecule has 1 aromatic rings. The zero-order valence-electron chi connectivity index (χ0n) is 11.2. The Labute approximate surface area is 111 Å². The van der Waals surface area contributed by atoms with Crippen LogP contribution in [0.25, 0.3) is 6.08 Å².